The first-order valence-corrected chi connectivity index (χ1v) is 25.3. The van der Waals surface area contributed by atoms with Crippen LogP contribution in [0.3, 0.4) is 0 Å². The van der Waals surface area contributed by atoms with Crippen LogP contribution in [0.1, 0.15) is 91.7 Å². The van der Waals surface area contributed by atoms with Gasteiger partial charge in [0.25, 0.3) is 0 Å². The Bertz CT molecular complexity index is 2410. The number of phenols is 2. The molecule has 0 saturated heterocycles. The Kier molecular flexibility index (Phi) is 27.1. The number of aromatic hydroxyl groups is 2. The first-order chi connectivity index (χ1) is 36.6. The van der Waals surface area contributed by atoms with E-state index in [1.54, 1.807) is 41.5 Å². The number of benzene rings is 2. The highest BCUT2D eigenvalue weighted by Gasteiger charge is 2.39. The van der Waals surface area contributed by atoms with E-state index in [1.807, 2.05) is 0 Å². The van der Waals surface area contributed by atoms with Gasteiger partial charge < -0.3 is 84.6 Å². The molecule has 27 heteroatoms. The maximum Gasteiger partial charge on any atom is 0.326 e. The Morgan fingerprint density at radius 1 is 0.462 bits per heavy atom. The number of carbonyl (C=O) groups is 11. The van der Waals surface area contributed by atoms with Gasteiger partial charge in [-0.1, -0.05) is 85.1 Å². The monoisotopic (exact) mass is 1100 g/mol. The van der Waals surface area contributed by atoms with Gasteiger partial charge in [0.05, 0.1) is 31.6 Å². The third-order valence-electron chi connectivity index (χ3n) is 13.1. The molecule has 27 nitrogen and oxygen atoms in total. The van der Waals surface area contributed by atoms with Crippen LogP contribution in [-0.2, 0) is 65.6 Å². The predicted octanol–water partition coefficient (Wildman–Crippen LogP) is -2.97. The number of primary amides is 1. The lowest BCUT2D eigenvalue weighted by atomic mass is 9.94. The van der Waals surface area contributed by atoms with Crippen molar-refractivity contribution in [2.24, 2.45) is 29.2 Å². The molecule has 0 aliphatic carbocycles. The highest BCUT2D eigenvalue weighted by molar-refractivity contribution is 6.00. The molecule has 0 aliphatic rings. The SMILES string of the molecule is CC[C@H](C)[C@H](N)C(=O)N[C@@H](CO)C(=O)N[C@@H](CC(N)=O)C(=O)N[C@@H](Cc1ccc(O)cc1)C(=O)N[C@H](C(=O)N[C@@H](CC(=O)O)C(=O)N[C@H](C(=O)N[C@H](C(=O)N[C@@H](Cc1ccc(O)cc1)C(=O)O)[C@@H](C)CC)[C@@H](C)CC)[C@@H](C)O. The van der Waals surface area contributed by atoms with Crippen molar-refractivity contribution in [2.75, 3.05) is 6.61 Å². The van der Waals surface area contributed by atoms with E-state index in [0.29, 0.717) is 18.4 Å². The Labute approximate surface area is 450 Å². The molecule has 78 heavy (non-hydrogen) atoms. The van der Waals surface area contributed by atoms with Crippen LogP contribution in [0.25, 0.3) is 0 Å². The van der Waals surface area contributed by atoms with Crippen LogP contribution in [0, 0.1) is 17.8 Å². The highest BCUT2D eigenvalue weighted by atomic mass is 16.4. The zero-order chi connectivity index (χ0) is 59.1. The molecule has 0 spiro atoms. The number of amides is 9. The second-order valence-corrected chi connectivity index (χ2v) is 19.2. The number of hydrogen-bond donors (Lipinski definition) is 16. The van der Waals surface area contributed by atoms with E-state index in [4.69, 9.17) is 11.5 Å². The van der Waals surface area contributed by atoms with Crippen LogP contribution in [0.15, 0.2) is 48.5 Å². The fourth-order valence-electron chi connectivity index (χ4n) is 7.54. The zero-order valence-corrected chi connectivity index (χ0v) is 44.6. The van der Waals surface area contributed by atoms with Crippen LogP contribution in [0.5, 0.6) is 11.5 Å². The summed E-state index contributed by atoms with van der Waals surface area (Å²) in [6.07, 6.45) is -3.37. The molecule has 432 valence electrons. The summed E-state index contributed by atoms with van der Waals surface area (Å²) >= 11 is 0. The minimum Gasteiger partial charge on any atom is -0.508 e. The second kappa shape index (κ2) is 32.0. The van der Waals surface area contributed by atoms with Gasteiger partial charge in [-0.3, -0.25) is 47.9 Å². The topological polar surface area (TPSA) is 457 Å². The largest absolute Gasteiger partial charge is 0.508 e. The maximum atomic E-state index is 14.2. The molecule has 0 bridgehead atoms. The van der Waals surface area contributed by atoms with E-state index < -0.39 is 163 Å². The number of phenolic OH excluding ortho intramolecular Hbond substituents is 2. The Morgan fingerprint density at radius 3 is 1.24 bits per heavy atom. The number of carboxylic acids is 2. The maximum absolute atomic E-state index is 14.2. The lowest BCUT2D eigenvalue weighted by Crippen LogP contribution is -2.63. The number of aliphatic hydroxyl groups excluding tert-OH is 2. The number of rotatable bonds is 33. The molecule has 2 aromatic rings. The Morgan fingerprint density at radius 2 is 0.808 bits per heavy atom. The number of aliphatic hydroxyl groups is 2. The molecule has 0 saturated carbocycles. The summed E-state index contributed by atoms with van der Waals surface area (Å²) in [7, 11) is 0. The zero-order valence-electron chi connectivity index (χ0n) is 44.6. The third-order valence-corrected chi connectivity index (χ3v) is 13.1. The van der Waals surface area contributed by atoms with Crippen LogP contribution >= 0.6 is 0 Å². The van der Waals surface area contributed by atoms with Gasteiger partial charge in [0.15, 0.2) is 0 Å². The fraction of sp³-hybridized carbons (Fsp3) is 0.549. The molecular formula is C51H76N10O17. The molecule has 0 aromatic heterocycles. The fourth-order valence-corrected chi connectivity index (χ4v) is 7.54. The number of carbonyl (C=O) groups excluding carboxylic acids is 9. The first-order valence-electron chi connectivity index (χ1n) is 25.3. The molecule has 9 amide bonds. The molecule has 18 N–H and O–H groups in total. The molecule has 0 heterocycles. The van der Waals surface area contributed by atoms with Gasteiger partial charge in [-0.15, -0.1) is 0 Å². The van der Waals surface area contributed by atoms with E-state index in [2.05, 4.69) is 42.5 Å². The smallest absolute Gasteiger partial charge is 0.326 e. The number of hydrogen-bond acceptors (Lipinski definition) is 16. The number of nitrogens with one attached hydrogen (secondary N) is 8. The summed E-state index contributed by atoms with van der Waals surface area (Å²) in [5, 5.41) is 78.8. The van der Waals surface area contributed by atoms with Crippen LogP contribution in [0.2, 0.25) is 0 Å². The summed E-state index contributed by atoms with van der Waals surface area (Å²) in [4.78, 5) is 146. The predicted molar refractivity (Wildman–Crippen MR) is 278 cm³/mol. The number of aliphatic carboxylic acids is 2. The van der Waals surface area contributed by atoms with Crippen LogP contribution < -0.4 is 54.0 Å². The van der Waals surface area contributed by atoms with Gasteiger partial charge in [0.1, 0.15) is 59.8 Å². The van der Waals surface area contributed by atoms with Crippen molar-refractivity contribution in [3.8, 4) is 11.5 Å². The van der Waals surface area contributed by atoms with Crippen LogP contribution in [0.4, 0.5) is 0 Å². The summed E-state index contributed by atoms with van der Waals surface area (Å²) in [5.41, 5.74) is 12.1. The number of carboxylic acid groups (broad SMARTS) is 2. The normalized spacial score (nSPS) is 16.1. The summed E-state index contributed by atoms with van der Waals surface area (Å²) < 4.78 is 0. The van der Waals surface area contributed by atoms with Crippen molar-refractivity contribution in [2.45, 2.75) is 154 Å². The molecule has 0 unspecified atom stereocenters. The van der Waals surface area contributed by atoms with Gasteiger partial charge in [-0.05, 0) is 60.1 Å². The van der Waals surface area contributed by atoms with E-state index in [1.165, 1.54) is 48.5 Å². The van der Waals surface area contributed by atoms with Gasteiger partial charge in [0.2, 0.25) is 53.2 Å². The van der Waals surface area contributed by atoms with Crippen LogP contribution in [-0.4, -0.2) is 163 Å². The second-order valence-electron chi connectivity index (χ2n) is 19.2. The number of nitrogens with two attached hydrogens (primary N) is 2. The van der Waals surface area contributed by atoms with Crippen molar-refractivity contribution in [1.29, 1.82) is 0 Å². The Balaban J connectivity index is 2.44. The van der Waals surface area contributed by atoms with Crippen molar-refractivity contribution < 1.29 is 83.4 Å². The standard InChI is InChI=1S/C51H76N10O17/c1-8-24(4)39(53)47(73)58-36(23-62)46(72)55-33(21-37(52)66)43(69)54-32(19-28-11-15-30(64)16-12-28)44(70)61-42(27(7)63)50(76)56-34(22-38(67)68)45(71)59-41(26(6)10-3)49(75)60-40(25(5)9-2)48(74)57-35(51(77)78)20-29-13-17-31(65)18-14-29/h11-18,24-27,32-36,39-42,62-65H,8-10,19-23,53H2,1-7H3,(H2,52,66)(H,54,69)(H,55,72)(H,56,76)(H,57,74)(H,58,73)(H,59,71)(H,60,75)(H,61,70)(H,67,68)(H,77,78)/t24-,25-,26-,27+,32-,33-,34-,35-,36-,39-,40-,41-,42-/m0/s1. The average Bonchev–Trinajstić information content (AvgIpc) is 3.38. The summed E-state index contributed by atoms with van der Waals surface area (Å²) in [5.74, 6) is -14.8. The van der Waals surface area contributed by atoms with E-state index in [-0.39, 0.29) is 35.8 Å². The van der Waals surface area contributed by atoms with E-state index >= 15 is 0 Å². The lowest BCUT2D eigenvalue weighted by Gasteiger charge is -2.31. The molecule has 0 fully saturated rings. The van der Waals surface area contributed by atoms with Crippen molar-refractivity contribution in [3.63, 3.8) is 0 Å². The van der Waals surface area contributed by atoms with Crippen molar-refractivity contribution in [3.05, 3.63) is 59.7 Å². The van der Waals surface area contributed by atoms with E-state index in [9.17, 15) is 83.4 Å². The summed E-state index contributed by atoms with van der Waals surface area (Å²) in [6.45, 7) is 10.1. The minimum absolute atomic E-state index is 0.0652. The molecule has 2 aromatic carbocycles. The lowest BCUT2D eigenvalue weighted by molar-refractivity contribution is -0.142. The van der Waals surface area contributed by atoms with Crippen molar-refractivity contribution in [1.82, 2.24) is 42.5 Å². The molecular weight excluding hydrogens is 1020 g/mol. The average molecular weight is 1100 g/mol. The Hall–Kier alpha value is -7.91. The molecule has 0 radical (unpaired) electrons. The van der Waals surface area contributed by atoms with Crippen molar-refractivity contribution >= 4 is 65.1 Å². The summed E-state index contributed by atoms with van der Waals surface area (Å²) in [6, 6.07) is -3.85. The molecule has 2 rings (SSSR count). The third kappa shape index (κ3) is 21.3. The quantitative estimate of drug-likeness (QED) is 0.0339. The van der Waals surface area contributed by atoms with Gasteiger partial charge in [0, 0.05) is 12.8 Å². The minimum atomic E-state index is -2.01. The van der Waals surface area contributed by atoms with Gasteiger partial charge >= 0.3 is 11.9 Å². The van der Waals surface area contributed by atoms with E-state index in [0.717, 1.165) is 6.92 Å². The highest BCUT2D eigenvalue weighted by Crippen LogP contribution is 2.17. The first kappa shape index (κ1) is 66.2. The van der Waals surface area contributed by atoms with Gasteiger partial charge in [-0.2, -0.15) is 0 Å². The molecule has 0 aliphatic heterocycles. The van der Waals surface area contributed by atoms with Gasteiger partial charge in [-0.25, -0.2) is 4.79 Å². The molecule has 13 atom stereocenters.